The van der Waals surface area contributed by atoms with Crippen LogP contribution in [0.5, 0.6) is 5.75 Å². The molecule has 0 unspecified atom stereocenters. The van der Waals surface area contributed by atoms with Gasteiger partial charge in [0.1, 0.15) is 18.6 Å². The Balaban J connectivity index is 2.04. The lowest BCUT2D eigenvalue weighted by atomic mass is 10.1. The van der Waals surface area contributed by atoms with Crippen molar-refractivity contribution in [3.05, 3.63) is 47.9 Å². The Morgan fingerprint density at radius 3 is 2.93 bits per heavy atom. The van der Waals surface area contributed by atoms with Crippen molar-refractivity contribution in [2.45, 2.75) is 20.0 Å². The molecule has 0 aliphatic heterocycles. The SMILES string of the molecule is CCc1ccccc1OCc1cnoc1. The van der Waals surface area contributed by atoms with Crippen molar-refractivity contribution in [2.75, 3.05) is 0 Å². The number of benzene rings is 1. The number of aryl methyl sites for hydroxylation is 1. The van der Waals surface area contributed by atoms with Gasteiger partial charge in [-0.15, -0.1) is 0 Å². The van der Waals surface area contributed by atoms with Crippen LogP contribution in [0, 0.1) is 0 Å². The largest absolute Gasteiger partial charge is 0.488 e. The molecule has 0 aliphatic rings. The van der Waals surface area contributed by atoms with E-state index >= 15 is 0 Å². The predicted octanol–water partition coefficient (Wildman–Crippen LogP) is 2.82. The van der Waals surface area contributed by atoms with Gasteiger partial charge >= 0.3 is 0 Å². The summed E-state index contributed by atoms with van der Waals surface area (Å²) in [6.45, 7) is 2.61. The van der Waals surface area contributed by atoms with Crippen LogP contribution in [0.4, 0.5) is 0 Å². The first-order chi connectivity index (χ1) is 7.40. The highest BCUT2D eigenvalue weighted by Gasteiger charge is 2.01. The van der Waals surface area contributed by atoms with Crippen LogP contribution in [0.25, 0.3) is 0 Å². The number of aromatic nitrogens is 1. The second-order valence-corrected chi connectivity index (χ2v) is 3.28. The monoisotopic (exact) mass is 203 g/mol. The summed E-state index contributed by atoms with van der Waals surface area (Å²) >= 11 is 0. The highest BCUT2D eigenvalue weighted by Crippen LogP contribution is 2.19. The van der Waals surface area contributed by atoms with Crippen molar-refractivity contribution < 1.29 is 9.26 Å². The third-order valence-electron chi connectivity index (χ3n) is 2.23. The van der Waals surface area contributed by atoms with E-state index in [1.807, 2.05) is 18.2 Å². The van der Waals surface area contributed by atoms with Crippen LogP contribution in [-0.4, -0.2) is 5.16 Å². The van der Waals surface area contributed by atoms with E-state index in [-0.39, 0.29) is 0 Å². The fourth-order valence-electron chi connectivity index (χ4n) is 1.40. The molecule has 1 aromatic carbocycles. The molecule has 0 saturated carbocycles. The highest BCUT2D eigenvalue weighted by molar-refractivity contribution is 5.33. The lowest BCUT2D eigenvalue weighted by Crippen LogP contribution is -1.96. The molecule has 0 bridgehead atoms. The Hall–Kier alpha value is -1.77. The van der Waals surface area contributed by atoms with Crippen LogP contribution in [0.3, 0.4) is 0 Å². The second-order valence-electron chi connectivity index (χ2n) is 3.28. The molecule has 0 radical (unpaired) electrons. The van der Waals surface area contributed by atoms with Gasteiger partial charge in [0, 0.05) is 5.56 Å². The van der Waals surface area contributed by atoms with E-state index in [1.54, 1.807) is 12.5 Å². The van der Waals surface area contributed by atoms with Crippen LogP contribution in [0.1, 0.15) is 18.1 Å². The Bertz CT molecular complexity index is 409. The number of para-hydroxylation sites is 1. The van der Waals surface area contributed by atoms with E-state index in [0.29, 0.717) is 6.61 Å². The topological polar surface area (TPSA) is 35.3 Å². The lowest BCUT2D eigenvalue weighted by molar-refractivity contribution is 0.301. The molecule has 3 nitrogen and oxygen atoms in total. The van der Waals surface area contributed by atoms with Crippen molar-refractivity contribution >= 4 is 0 Å². The van der Waals surface area contributed by atoms with Gasteiger partial charge in [0.25, 0.3) is 0 Å². The first-order valence-electron chi connectivity index (χ1n) is 4.99. The minimum absolute atomic E-state index is 0.501. The van der Waals surface area contributed by atoms with Crippen LogP contribution in [0.2, 0.25) is 0 Å². The maximum absolute atomic E-state index is 5.67. The molecule has 0 amide bonds. The number of hydrogen-bond acceptors (Lipinski definition) is 3. The van der Waals surface area contributed by atoms with Gasteiger partial charge in [0.15, 0.2) is 0 Å². The number of ether oxygens (including phenoxy) is 1. The zero-order valence-electron chi connectivity index (χ0n) is 8.64. The van der Waals surface area contributed by atoms with Crippen molar-refractivity contribution in [1.82, 2.24) is 5.16 Å². The minimum Gasteiger partial charge on any atom is -0.488 e. The first kappa shape index (κ1) is 9.77. The molecule has 2 aromatic rings. The minimum atomic E-state index is 0.501. The summed E-state index contributed by atoms with van der Waals surface area (Å²) in [6, 6.07) is 8.04. The first-order valence-corrected chi connectivity index (χ1v) is 4.99. The molecule has 0 N–H and O–H groups in total. The molecule has 0 aliphatic carbocycles. The quantitative estimate of drug-likeness (QED) is 0.766. The molecular formula is C12H13NO2. The number of nitrogens with zero attached hydrogens (tertiary/aromatic N) is 1. The summed E-state index contributed by atoms with van der Waals surface area (Å²) < 4.78 is 10.4. The van der Waals surface area contributed by atoms with Gasteiger partial charge in [-0.3, -0.25) is 0 Å². The summed E-state index contributed by atoms with van der Waals surface area (Å²) in [5.41, 5.74) is 2.16. The number of rotatable bonds is 4. The summed E-state index contributed by atoms with van der Waals surface area (Å²) in [4.78, 5) is 0. The van der Waals surface area contributed by atoms with Gasteiger partial charge < -0.3 is 9.26 Å². The van der Waals surface area contributed by atoms with Crippen LogP contribution in [-0.2, 0) is 13.0 Å². The fourth-order valence-corrected chi connectivity index (χ4v) is 1.40. The van der Waals surface area contributed by atoms with E-state index in [1.165, 1.54) is 5.56 Å². The zero-order chi connectivity index (χ0) is 10.5. The summed E-state index contributed by atoms with van der Waals surface area (Å²) in [5.74, 6) is 0.932. The Kier molecular flexibility index (Phi) is 3.02. The predicted molar refractivity (Wildman–Crippen MR) is 56.7 cm³/mol. The van der Waals surface area contributed by atoms with Gasteiger partial charge in [-0.05, 0) is 18.1 Å². The van der Waals surface area contributed by atoms with Gasteiger partial charge in [0.05, 0.1) is 6.20 Å². The van der Waals surface area contributed by atoms with E-state index in [4.69, 9.17) is 9.26 Å². The van der Waals surface area contributed by atoms with Gasteiger partial charge in [-0.1, -0.05) is 30.3 Å². The molecule has 0 atom stereocenters. The molecule has 0 saturated heterocycles. The van der Waals surface area contributed by atoms with Crippen LogP contribution in [0.15, 0.2) is 41.2 Å². The molecule has 0 spiro atoms. The maximum atomic E-state index is 5.67. The molecule has 2 rings (SSSR count). The van der Waals surface area contributed by atoms with Crippen LogP contribution >= 0.6 is 0 Å². The van der Waals surface area contributed by atoms with Gasteiger partial charge in [-0.2, -0.15) is 0 Å². The summed E-state index contributed by atoms with van der Waals surface area (Å²) in [5, 5.41) is 3.62. The molecule has 1 heterocycles. The smallest absolute Gasteiger partial charge is 0.130 e. The highest BCUT2D eigenvalue weighted by atomic mass is 16.5. The van der Waals surface area contributed by atoms with Crippen molar-refractivity contribution in [1.29, 1.82) is 0 Å². The van der Waals surface area contributed by atoms with Crippen molar-refractivity contribution in [3.8, 4) is 5.75 Å². The van der Waals surface area contributed by atoms with E-state index in [2.05, 4.69) is 18.1 Å². The maximum Gasteiger partial charge on any atom is 0.130 e. The second kappa shape index (κ2) is 4.64. The Morgan fingerprint density at radius 2 is 2.20 bits per heavy atom. The standard InChI is InChI=1S/C12H13NO2/c1-2-11-5-3-4-6-12(11)14-8-10-7-13-15-9-10/h3-7,9H,2,8H2,1H3. The average Bonchev–Trinajstić information content (AvgIpc) is 2.79. The third-order valence-corrected chi connectivity index (χ3v) is 2.23. The molecule has 78 valence electrons. The Labute approximate surface area is 88.7 Å². The Morgan fingerprint density at radius 1 is 1.33 bits per heavy atom. The fraction of sp³-hybridized carbons (Fsp3) is 0.250. The molecule has 1 aromatic heterocycles. The van der Waals surface area contributed by atoms with E-state index in [9.17, 15) is 0 Å². The van der Waals surface area contributed by atoms with Crippen molar-refractivity contribution in [2.24, 2.45) is 0 Å². The normalized spacial score (nSPS) is 10.2. The summed E-state index contributed by atoms with van der Waals surface area (Å²) in [7, 11) is 0. The molecule has 0 fully saturated rings. The van der Waals surface area contributed by atoms with Crippen LogP contribution < -0.4 is 4.74 Å². The van der Waals surface area contributed by atoms with Crippen molar-refractivity contribution in [3.63, 3.8) is 0 Å². The molecule has 3 heteroatoms. The molecule has 15 heavy (non-hydrogen) atoms. The number of hydrogen-bond donors (Lipinski definition) is 0. The third kappa shape index (κ3) is 2.37. The van der Waals surface area contributed by atoms with Gasteiger partial charge in [0.2, 0.25) is 0 Å². The van der Waals surface area contributed by atoms with E-state index in [0.717, 1.165) is 17.7 Å². The zero-order valence-corrected chi connectivity index (χ0v) is 8.64. The lowest BCUT2D eigenvalue weighted by Gasteiger charge is -2.08. The summed E-state index contributed by atoms with van der Waals surface area (Å²) in [6.07, 6.45) is 4.23. The van der Waals surface area contributed by atoms with Gasteiger partial charge in [-0.25, -0.2) is 0 Å². The molecular weight excluding hydrogens is 190 g/mol. The average molecular weight is 203 g/mol. The van der Waals surface area contributed by atoms with E-state index < -0.39 is 0 Å².